The first-order chi connectivity index (χ1) is 6.40. The minimum Gasteiger partial charge on any atom is -0.311 e. The molecule has 1 rings (SSSR count). The number of nitrogens with one attached hydrogen (secondary N) is 2. The van der Waals surface area contributed by atoms with Crippen molar-refractivity contribution in [1.29, 1.82) is 0 Å². The fourth-order valence-corrected chi connectivity index (χ4v) is 1.73. The first kappa shape index (κ1) is 12.2. The molecule has 0 radical (unpaired) electrons. The van der Waals surface area contributed by atoms with E-state index in [1.165, 1.54) is 0 Å². The minimum absolute atomic E-state index is 0.530. The molecule has 1 aromatic rings. The van der Waals surface area contributed by atoms with Gasteiger partial charge in [-0.05, 0) is 44.0 Å². The normalized spacial score (nSPS) is 11.4. The second kappa shape index (κ2) is 4.74. The topological polar surface area (TPSA) is 81.6 Å². The Labute approximate surface area is 97.3 Å². The van der Waals surface area contributed by atoms with Crippen LogP contribution in [0, 0.1) is 0 Å². The Morgan fingerprint density at radius 1 is 1.29 bits per heavy atom. The standard InChI is InChI=1S/C6H7Br2N2O3P/c7-4-2-1-3-5(6(4)8)9-10-14(11,12)13/h1-3,9H,(H3,10,11,12,13). The average Bonchev–Trinajstić information content (AvgIpc) is 2.06. The summed E-state index contributed by atoms with van der Waals surface area (Å²) in [6.07, 6.45) is 0. The molecule has 0 aliphatic heterocycles. The van der Waals surface area contributed by atoms with Crippen LogP contribution in [0.1, 0.15) is 0 Å². The van der Waals surface area contributed by atoms with Crippen molar-refractivity contribution in [2.24, 2.45) is 0 Å². The first-order valence-corrected chi connectivity index (χ1v) is 6.63. The monoisotopic (exact) mass is 344 g/mol. The molecule has 0 aromatic heterocycles. The van der Waals surface area contributed by atoms with E-state index >= 15 is 0 Å². The van der Waals surface area contributed by atoms with Crippen molar-refractivity contribution >= 4 is 45.3 Å². The van der Waals surface area contributed by atoms with Crippen molar-refractivity contribution in [1.82, 2.24) is 5.20 Å². The van der Waals surface area contributed by atoms with E-state index in [-0.39, 0.29) is 0 Å². The van der Waals surface area contributed by atoms with Crippen molar-refractivity contribution in [2.45, 2.75) is 0 Å². The highest BCUT2D eigenvalue weighted by Crippen LogP contribution is 2.32. The maximum Gasteiger partial charge on any atom is 0.417 e. The lowest BCUT2D eigenvalue weighted by Crippen LogP contribution is -2.17. The zero-order chi connectivity index (χ0) is 10.8. The molecule has 0 unspecified atom stereocenters. The number of rotatable bonds is 3. The van der Waals surface area contributed by atoms with Gasteiger partial charge in [-0.1, -0.05) is 6.07 Å². The van der Waals surface area contributed by atoms with Gasteiger partial charge in [0, 0.05) is 4.47 Å². The Balaban J connectivity index is 2.78. The molecule has 0 atom stereocenters. The molecule has 0 bridgehead atoms. The molecular weight excluding hydrogens is 339 g/mol. The summed E-state index contributed by atoms with van der Waals surface area (Å²) in [6, 6.07) is 5.20. The lowest BCUT2D eigenvalue weighted by molar-refractivity contribution is 0.362. The fraction of sp³-hybridized carbons (Fsp3) is 0. The Kier molecular flexibility index (Phi) is 4.12. The Morgan fingerprint density at radius 3 is 2.50 bits per heavy atom. The van der Waals surface area contributed by atoms with Gasteiger partial charge in [0.15, 0.2) is 0 Å². The second-order valence-corrected chi connectivity index (χ2v) is 5.34. The smallest absolute Gasteiger partial charge is 0.311 e. The quantitative estimate of drug-likeness (QED) is 0.499. The maximum absolute atomic E-state index is 10.5. The summed E-state index contributed by atoms with van der Waals surface area (Å²) in [5, 5.41) is 1.87. The molecule has 8 heteroatoms. The third kappa shape index (κ3) is 3.68. The van der Waals surface area contributed by atoms with Gasteiger partial charge in [0.25, 0.3) is 0 Å². The predicted molar refractivity (Wildman–Crippen MR) is 60.6 cm³/mol. The molecule has 0 saturated carbocycles. The van der Waals surface area contributed by atoms with Crippen molar-refractivity contribution in [3.05, 3.63) is 27.1 Å². The van der Waals surface area contributed by atoms with Crippen LogP contribution in [0.15, 0.2) is 27.1 Å². The zero-order valence-electron chi connectivity index (χ0n) is 6.74. The van der Waals surface area contributed by atoms with E-state index in [9.17, 15) is 4.57 Å². The Bertz CT molecular complexity index is 381. The molecule has 4 N–H and O–H groups in total. The van der Waals surface area contributed by atoms with Crippen LogP contribution in [0.4, 0.5) is 5.69 Å². The zero-order valence-corrected chi connectivity index (χ0v) is 10.8. The van der Waals surface area contributed by atoms with E-state index in [2.05, 4.69) is 37.3 Å². The highest BCUT2D eigenvalue weighted by atomic mass is 79.9. The number of hydrazine groups is 1. The number of benzene rings is 1. The van der Waals surface area contributed by atoms with E-state index in [0.29, 0.717) is 10.2 Å². The molecule has 0 heterocycles. The van der Waals surface area contributed by atoms with Crippen molar-refractivity contribution in [3.8, 4) is 0 Å². The van der Waals surface area contributed by atoms with E-state index < -0.39 is 7.75 Å². The summed E-state index contributed by atoms with van der Waals surface area (Å²) in [5.41, 5.74) is 2.93. The third-order valence-electron chi connectivity index (χ3n) is 1.29. The molecule has 0 spiro atoms. The van der Waals surface area contributed by atoms with Gasteiger partial charge in [0.2, 0.25) is 0 Å². The number of halogens is 2. The lowest BCUT2D eigenvalue weighted by atomic mass is 10.3. The van der Waals surface area contributed by atoms with Crippen LogP contribution in [0.3, 0.4) is 0 Å². The molecule has 5 nitrogen and oxygen atoms in total. The van der Waals surface area contributed by atoms with Gasteiger partial charge in [-0.15, -0.1) is 5.20 Å². The lowest BCUT2D eigenvalue weighted by Gasteiger charge is -2.11. The van der Waals surface area contributed by atoms with E-state index in [1.807, 2.05) is 5.20 Å². The van der Waals surface area contributed by atoms with Gasteiger partial charge in [0.05, 0.1) is 10.2 Å². The number of hydrogen-bond donors (Lipinski definition) is 4. The van der Waals surface area contributed by atoms with E-state index in [0.717, 1.165) is 4.47 Å². The highest BCUT2D eigenvalue weighted by molar-refractivity contribution is 9.13. The number of hydrogen-bond acceptors (Lipinski definition) is 2. The van der Waals surface area contributed by atoms with Crippen LogP contribution in [-0.4, -0.2) is 9.79 Å². The van der Waals surface area contributed by atoms with Crippen molar-refractivity contribution in [2.75, 3.05) is 5.43 Å². The van der Waals surface area contributed by atoms with Crippen LogP contribution in [-0.2, 0) is 4.57 Å². The Morgan fingerprint density at radius 2 is 1.93 bits per heavy atom. The fourth-order valence-electron chi connectivity index (χ4n) is 0.733. The molecule has 0 fully saturated rings. The van der Waals surface area contributed by atoms with Gasteiger partial charge in [-0.3, -0.25) is 0 Å². The molecule has 1 aromatic carbocycles. The molecule has 78 valence electrons. The van der Waals surface area contributed by atoms with Crippen molar-refractivity contribution < 1.29 is 14.4 Å². The maximum atomic E-state index is 10.5. The van der Waals surface area contributed by atoms with E-state index in [4.69, 9.17) is 9.79 Å². The van der Waals surface area contributed by atoms with Gasteiger partial charge >= 0.3 is 7.75 Å². The molecule has 0 saturated heterocycles. The third-order valence-corrected chi connectivity index (χ3v) is 3.74. The Hall–Kier alpha value is 0.0900. The molecule has 14 heavy (non-hydrogen) atoms. The predicted octanol–water partition coefficient (Wildman–Crippen LogP) is 2.22. The van der Waals surface area contributed by atoms with Gasteiger partial charge in [-0.25, -0.2) is 4.57 Å². The summed E-state index contributed by atoms with van der Waals surface area (Å²) < 4.78 is 12.0. The SMILES string of the molecule is O=P(O)(O)NNc1cccc(Br)c1Br. The summed E-state index contributed by atoms with van der Waals surface area (Å²) in [5.74, 6) is 0. The average molecular weight is 346 g/mol. The molecular formula is C6H7Br2N2O3P. The van der Waals surface area contributed by atoms with Gasteiger partial charge in [-0.2, -0.15) is 0 Å². The molecule has 0 aliphatic rings. The summed E-state index contributed by atoms with van der Waals surface area (Å²) in [6.45, 7) is 0. The van der Waals surface area contributed by atoms with Crippen LogP contribution in [0.5, 0.6) is 0 Å². The van der Waals surface area contributed by atoms with Crippen LogP contribution in [0.25, 0.3) is 0 Å². The molecule has 0 aliphatic carbocycles. The van der Waals surface area contributed by atoms with E-state index in [1.54, 1.807) is 18.2 Å². The largest absolute Gasteiger partial charge is 0.417 e. The summed E-state index contributed by atoms with van der Waals surface area (Å²) >= 11 is 6.50. The molecule has 0 amide bonds. The van der Waals surface area contributed by atoms with Crippen LogP contribution < -0.4 is 10.6 Å². The van der Waals surface area contributed by atoms with Crippen molar-refractivity contribution in [3.63, 3.8) is 0 Å². The minimum atomic E-state index is -4.26. The van der Waals surface area contributed by atoms with Crippen LogP contribution in [0.2, 0.25) is 0 Å². The van der Waals surface area contributed by atoms with Gasteiger partial charge in [0.1, 0.15) is 0 Å². The number of anilines is 1. The highest BCUT2D eigenvalue weighted by Gasteiger charge is 2.12. The van der Waals surface area contributed by atoms with Gasteiger partial charge < -0.3 is 15.2 Å². The first-order valence-electron chi connectivity index (χ1n) is 3.43. The second-order valence-electron chi connectivity index (χ2n) is 2.38. The summed E-state index contributed by atoms with van der Waals surface area (Å²) in [7, 11) is -4.26. The summed E-state index contributed by atoms with van der Waals surface area (Å²) in [4.78, 5) is 17.1. The van der Waals surface area contributed by atoms with Crippen LogP contribution >= 0.6 is 39.6 Å².